The molecule has 7 nitrogen and oxygen atoms in total. The minimum absolute atomic E-state index is 0.437. The van der Waals surface area contributed by atoms with Gasteiger partial charge in [-0.25, -0.2) is 0 Å². The molecule has 1 aliphatic carbocycles. The first-order valence-electron chi connectivity index (χ1n) is 10.9. The number of piperidine rings is 1. The summed E-state index contributed by atoms with van der Waals surface area (Å²) in [6.07, 6.45) is 11.7. The lowest BCUT2D eigenvalue weighted by Gasteiger charge is -2.41. The van der Waals surface area contributed by atoms with Crippen LogP contribution < -0.4 is 0 Å². The Kier molecular flexibility index (Phi) is 6.11. The van der Waals surface area contributed by atoms with Crippen LogP contribution in [0.25, 0.3) is 0 Å². The van der Waals surface area contributed by atoms with Crippen LogP contribution in [0.15, 0.2) is 16.9 Å². The Morgan fingerprint density at radius 1 is 1.21 bits per heavy atom. The zero-order chi connectivity index (χ0) is 19.5. The van der Waals surface area contributed by atoms with Gasteiger partial charge in [0.1, 0.15) is 0 Å². The molecular formula is C21H34N6O. The molecule has 2 aromatic heterocycles. The summed E-state index contributed by atoms with van der Waals surface area (Å²) in [6, 6.07) is 0.437. The highest BCUT2D eigenvalue weighted by Crippen LogP contribution is 2.36. The summed E-state index contributed by atoms with van der Waals surface area (Å²) in [7, 11) is 4.17. The fourth-order valence-corrected chi connectivity index (χ4v) is 5.15. The second-order valence-corrected chi connectivity index (χ2v) is 8.65. The molecule has 4 rings (SSSR count). The Balaban J connectivity index is 1.41. The third-order valence-electron chi connectivity index (χ3n) is 6.49. The molecule has 28 heavy (non-hydrogen) atoms. The first-order chi connectivity index (χ1) is 13.6. The number of aromatic nitrogens is 4. The molecule has 2 atom stereocenters. The Morgan fingerprint density at radius 3 is 2.75 bits per heavy atom. The second kappa shape index (κ2) is 8.74. The van der Waals surface area contributed by atoms with E-state index in [1.807, 2.05) is 17.9 Å². The first-order valence-corrected chi connectivity index (χ1v) is 10.9. The van der Waals surface area contributed by atoms with Gasteiger partial charge in [-0.3, -0.25) is 14.5 Å². The molecule has 1 saturated heterocycles. The molecule has 0 amide bonds. The molecule has 0 aromatic carbocycles. The molecule has 0 unspecified atom stereocenters. The third-order valence-corrected chi connectivity index (χ3v) is 6.49. The molecule has 0 radical (unpaired) electrons. The maximum atomic E-state index is 5.57. The van der Waals surface area contributed by atoms with Crippen LogP contribution in [-0.2, 0) is 13.6 Å². The Bertz CT molecular complexity index is 750. The summed E-state index contributed by atoms with van der Waals surface area (Å²) >= 11 is 0. The molecule has 0 bridgehead atoms. The molecule has 7 heteroatoms. The minimum atomic E-state index is 0.437. The van der Waals surface area contributed by atoms with Crippen molar-refractivity contribution in [2.24, 2.45) is 13.0 Å². The van der Waals surface area contributed by atoms with E-state index in [4.69, 9.17) is 9.51 Å². The van der Waals surface area contributed by atoms with E-state index in [0.29, 0.717) is 17.9 Å². The van der Waals surface area contributed by atoms with Crippen molar-refractivity contribution in [3.8, 4) is 0 Å². The van der Waals surface area contributed by atoms with Crippen LogP contribution >= 0.6 is 0 Å². The van der Waals surface area contributed by atoms with E-state index >= 15 is 0 Å². The molecule has 154 valence electrons. The summed E-state index contributed by atoms with van der Waals surface area (Å²) in [5.41, 5.74) is 1.34. The van der Waals surface area contributed by atoms with Gasteiger partial charge in [-0.2, -0.15) is 10.1 Å². The van der Waals surface area contributed by atoms with E-state index in [9.17, 15) is 0 Å². The van der Waals surface area contributed by atoms with Gasteiger partial charge in [0.05, 0.1) is 12.7 Å². The lowest BCUT2D eigenvalue weighted by Crippen LogP contribution is -2.42. The number of rotatable bonds is 7. The maximum Gasteiger partial charge on any atom is 0.240 e. The van der Waals surface area contributed by atoms with Gasteiger partial charge in [0.25, 0.3) is 0 Å². The average molecular weight is 387 g/mol. The fourth-order valence-electron chi connectivity index (χ4n) is 5.15. The summed E-state index contributed by atoms with van der Waals surface area (Å²) in [5, 5.41) is 8.68. The van der Waals surface area contributed by atoms with E-state index in [1.165, 1.54) is 50.6 Å². The summed E-state index contributed by atoms with van der Waals surface area (Å²) in [4.78, 5) is 9.64. The van der Waals surface area contributed by atoms with Crippen molar-refractivity contribution in [1.82, 2.24) is 29.7 Å². The zero-order valence-corrected chi connectivity index (χ0v) is 17.5. The highest BCUT2D eigenvalue weighted by Gasteiger charge is 2.33. The molecule has 2 fully saturated rings. The van der Waals surface area contributed by atoms with E-state index in [0.717, 1.165) is 31.3 Å². The van der Waals surface area contributed by atoms with Crippen molar-refractivity contribution in [2.45, 2.75) is 64.0 Å². The number of aryl methyl sites for hydroxylation is 1. The molecule has 1 aliphatic heterocycles. The lowest BCUT2D eigenvalue weighted by atomic mass is 9.85. The van der Waals surface area contributed by atoms with E-state index in [1.54, 1.807) is 0 Å². The average Bonchev–Trinajstić information content (AvgIpc) is 3.43. The van der Waals surface area contributed by atoms with Gasteiger partial charge in [0, 0.05) is 37.3 Å². The van der Waals surface area contributed by atoms with Crippen LogP contribution in [0.3, 0.4) is 0 Å². The van der Waals surface area contributed by atoms with Crippen LogP contribution in [0.5, 0.6) is 0 Å². The quantitative estimate of drug-likeness (QED) is 0.727. The van der Waals surface area contributed by atoms with Gasteiger partial charge in [0.15, 0.2) is 5.82 Å². The van der Waals surface area contributed by atoms with Crippen molar-refractivity contribution < 1.29 is 4.52 Å². The van der Waals surface area contributed by atoms with Crippen LogP contribution in [-0.4, -0.2) is 56.4 Å². The molecule has 2 aromatic rings. The highest BCUT2D eigenvalue weighted by atomic mass is 16.5. The summed E-state index contributed by atoms with van der Waals surface area (Å²) in [6.45, 7) is 6.26. The summed E-state index contributed by atoms with van der Waals surface area (Å²) < 4.78 is 7.49. The van der Waals surface area contributed by atoms with Crippen LogP contribution in [0.2, 0.25) is 0 Å². The molecule has 3 heterocycles. The van der Waals surface area contributed by atoms with Crippen LogP contribution in [0, 0.1) is 5.92 Å². The van der Waals surface area contributed by atoms with Gasteiger partial charge < -0.3 is 4.52 Å². The second-order valence-electron chi connectivity index (χ2n) is 8.65. The van der Waals surface area contributed by atoms with E-state index in [2.05, 4.69) is 40.2 Å². The Labute approximate surface area is 168 Å². The van der Waals surface area contributed by atoms with Crippen molar-refractivity contribution in [2.75, 3.05) is 26.7 Å². The SMILES string of the molecule is CCN1CCC[C@@H](CN(C)Cc2nc(C3CCCC3)no2)[C@@H]1c1cnn(C)c1. The van der Waals surface area contributed by atoms with Crippen molar-refractivity contribution in [3.05, 3.63) is 29.7 Å². The number of nitrogens with zero attached hydrogens (tertiary/aromatic N) is 6. The fraction of sp³-hybridized carbons (Fsp3) is 0.762. The topological polar surface area (TPSA) is 63.2 Å². The highest BCUT2D eigenvalue weighted by molar-refractivity contribution is 5.13. The number of likely N-dealkylation sites (tertiary alicyclic amines) is 1. The lowest BCUT2D eigenvalue weighted by molar-refractivity contribution is 0.0726. The van der Waals surface area contributed by atoms with E-state index < -0.39 is 0 Å². The van der Waals surface area contributed by atoms with Crippen molar-refractivity contribution in [3.63, 3.8) is 0 Å². The molecule has 0 spiro atoms. The summed E-state index contributed by atoms with van der Waals surface area (Å²) in [5.74, 6) is 2.77. The standard InChI is InChI=1S/C21H34N6O/c1-4-27-11-7-10-17(20(27)18-12-22-26(3)14-18)13-25(2)15-19-23-21(24-28-19)16-8-5-6-9-16/h12,14,16-17,20H,4-11,13,15H2,1-3H3/t17-,20+/m0/s1. The van der Waals surface area contributed by atoms with Gasteiger partial charge >= 0.3 is 0 Å². The van der Waals surface area contributed by atoms with Gasteiger partial charge in [-0.15, -0.1) is 0 Å². The molecule has 1 saturated carbocycles. The smallest absolute Gasteiger partial charge is 0.240 e. The Morgan fingerprint density at radius 2 is 2.04 bits per heavy atom. The van der Waals surface area contributed by atoms with Crippen molar-refractivity contribution in [1.29, 1.82) is 0 Å². The Hall–Kier alpha value is -1.73. The first kappa shape index (κ1) is 19.6. The number of hydrogen-bond acceptors (Lipinski definition) is 6. The predicted molar refractivity (Wildman–Crippen MR) is 108 cm³/mol. The molecule has 2 aliphatic rings. The van der Waals surface area contributed by atoms with Crippen molar-refractivity contribution >= 4 is 0 Å². The predicted octanol–water partition coefficient (Wildman–Crippen LogP) is 3.37. The van der Waals surface area contributed by atoms with E-state index in [-0.39, 0.29) is 0 Å². The molecule has 0 N–H and O–H groups in total. The van der Waals surface area contributed by atoms with Crippen LogP contribution in [0.4, 0.5) is 0 Å². The third kappa shape index (κ3) is 4.30. The molecular weight excluding hydrogens is 352 g/mol. The monoisotopic (exact) mass is 386 g/mol. The van der Waals surface area contributed by atoms with Gasteiger partial charge in [-0.1, -0.05) is 24.9 Å². The largest absolute Gasteiger partial charge is 0.338 e. The maximum absolute atomic E-state index is 5.57. The normalized spacial score (nSPS) is 24.4. The van der Waals surface area contributed by atoms with Crippen LogP contribution in [0.1, 0.15) is 74.7 Å². The van der Waals surface area contributed by atoms with Gasteiger partial charge in [-0.05, 0) is 51.7 Å². The minimum Gasteiger partial charge on any atom is -0.338 e. The zero-order valence-electron chi connectivity index (χ0n) is 17.5. The van der Waals surface area contributed by atoms with Gasteiger partial charge in [0.2, 0.25) is 5.89 Å². The number of hydrogen-bond donors (Lipinski definition) is 0.